The lowest BCUT2D eigenvalue weighted by Gasteiger charge is -2.06. The number of aryl methyl sites for hydroxylation is 3. The molecule has 0 fully saturated rings. The van der Waals surface area contributed by atoms with E-state index in [1.54, 1.807) is 6.33 Å². The van der Waals surface area contributed by atoms with E-state index in [4.69, 9.17) is 5.73 Å². The van der Waals surface area contributed by atoms with E-state index >= 15 is 0 Å². The molecule has 3 rings (SSSR count). The van der Waals surface area contributed by atoms with Crippen molar-refractivity contribution in [3.63, 3.8) is 0 Å². The van der Waals surface area contributed by atoms with Crippen LogP contribution in [0.4, 0.5) is 5.82 Å². The number of nitrogen functional groups attached to an aromatic ring is 1. The molecule has 2 heterocycles. The van der Waals surface area contributed by atoms with Crippen molar-refractivity contribution in [2.24, 2.45) is 7.05 Å². The van der Waals surface area contributed by atoms with E-state index in [1.807, 2.05) is 17.8 Å². The Labute approximate surface area is 117 Å². The van der Waals surface area contributed by atoms with Gasteiger partial charge in [0.25, 0.3) is 0 Å². The molecule has 0 spiro atoms. The lowest BCUT2D eigenvalue weighted by atomic mass is 9.99. The molecule has 5 heteroatoms. The van der Waals surface area contributed by atoms with Crippen molar-refractivity contribution in [2.45, 2.75) is 13.8 Å². The minimum atomic E-state index is 0.494. The molecule has 0 radical (unpaired) electrons. The van der Waals surface area contributed by atoms with Crippen LogP contribution in [0.5, 0.6) is 0 Å². The van der Waals surface area contributed by atoms with Gasteiger partial charge in [-0.2, -0.15) is 5.10 Å². The smallest absolute Gasteiger partial charge is 0.153 e. The highest BCUT2D eigenvalue weighted by molar-refractivity contribution is 5.86. The van der Waals surface area contributed by atoms with Crippen LogP contribution in [-0.4, -0.2) is 19.7 Å². The number of nitrogens with one attached hydrogen (secondary N) is 1. The minimum absolute atomic E-state index is 0.494. The molecule has 0 aliphatic heterocycles. The van der Waals surface area contributed by atoms with Gasteiger partial charge < -0.3 is 10.3 Å². The SMILES string of the molecule is Cc1ccc(-c2c(N)n[nH]c2-c2cn(C)cn2)cc1C. The molecule has 3 N–H and O–H groups in total. The van der Waals surface area contributed by atoms with Gasteiger partial charge in [0.05, 0.1) is 17.6 Å². The Morgan fingerprint density at radius 1 is 1.20 bits per heavy atom. The number of nitrogens with two attached hydrogens (primary N) is 1. The van der Waals surface area contributed by atoms with E-state index < -0.39 is 0 Å². The average molecular weight is 267 g/mol. The highest BCUT2D eigenvalue weighted by Gasteiger charge is 2.16. The number of hydrogen-bond acceptors (Lipinski definition) is 3. The number of imidazole rings is 1. The second-order valence-electron chi connectivity index (χ2n) is 5.08. The Bertz CT molecular complexity index is 766. The van der Waals surface area contributed by atoms with Crippen molar-refractivity contribution in [3.05, 3.63) is 41.9 Å². The Morgan fingerprint density at radius 3 is 2.65 bits per heavy atom. The monoisotopic (exact) mass is 267 g/mol. The predicted octanol–water partition coefficient (Wildman–Crippen LogP) is 2.68. The van der Waals surface area contributed by atoms with Crippen LogP contribution in [0.3, 0.4) is 0 Å². The van der Waals surface area contributed by atoms with Crippen molar-refractivity contribution in [1.29, 1.82) is 0 Å². The Morgan fingerprint density at radius 2 is 2.00 bits per heavy atom. The van der Waals surface area contributed by atoms with Crippen molar-refractivity contribution in [1.82, 2.24) is 19.7 Å². The van der Waals surface area contributed by atoms with E-state index in [0.717, 1.165) is 22.5 Å². The van der Waals surface area contributed by atoms with Gasteiger partial charge in [0.1, 0.15) is 5.69 Å². The van der Waals surface area contributed by atoms with Crippen LogP contribution in [0.2, 0.25) is 0 Å². The number of H-pyrrole nitrogens is 1. The van der Waals surface area contributed by atoms with Crippen molar-refractivity contribution < 1.29 is 0 Å². The van der Waals surface area contributed by atoms with E-state index in [0.29, 0.717) is 5.82 Å². The first-order valence-corrected chi connectivity index (χ1v) is 6.46. The van der Waals surface area contributed by atoms with E-state index in [2.05, 4.69) is 47.2 Å². The molecule has 0 unspecified atom stereocenters. The number of benzene rings is 1. The molecule has 102 valence electrons. The number of aromatic nitrogens is 4. The summed E-state index contributed by atoms with van der Waals surface area (Å²) in [5.74, 6) is 0.494. The van der Waals surface area contributed by atoms with Gasteiger partial charge in [-0.15, -0.1) is 0 Å². The first-order valence-electron chi connectivity index (χ1n) is 6.46. The van der Waals surface area contributed by atoms with E-state index in [9.17, 15) is 0 Å². The first kappa shape index (κ1) is 12.5. The predicted molar refractivity (Wildman–Crippen MR) is 80.1 cm³/mol. The number of aromatic amines is 1. The number of anilines is 1. The van der Waals surface area contributed by atoms with E-state index in [-0.39, 0.29) is 0 Å². The maximum atomic E-state index is 6.03. The Hall–Kier alpha value is -2.56. The third kappa shape index (κ3) is 1.97. The first-order chi connectivity index (χ1) is 9.56. The zero-order chi connectivity index (χ0) is 14.3. The molecule has 1 aromatic carbocycles. The molecule has 3 aromatic rings. The van der Waals surface area contributed by atoms with Gasteiger partial charge in [-0.3, -0.25) is 5.10 Å². The van der Waals surface area contributed by atoms with Gasteiger partial charge in [-0.25, -0.2) is 4.98 Å². The summed E-state index contributed by atoms with van der Waals surface area (Å²) >= 11 is 0. The summed E-state index contributed by atoms with van der Waals surface area (Å²) in [7, 11) is 1.94. The van der Waals surface area contributed by atoms with E-state index in [1.165, 1.54) is 11.1 Å². The Kier molecular flexibility index (Phi) is 2.82. The molecule has 20 heavy (non-hydrogen) atoms. The molecule has 5 nitrogen and oxygen atoms in total. The fourth-order valence-corrected chi connectivity index (χ4v) is 2.27. The molecule has 0 amide bonds. The second kappa shape index (κ2) is 4.52. The van der Waals surface area contributed by atoms with Crippen LogP contribution < -0.4 is 5.73 Å². The summed E-state index contributed by atoms with van der Waals surface area (Å²) < 4.78 is 1.90. The molecule has 0 bridgehead atoms. The summed E-state index contributed by atoms with van der Waals surface area (Å²) in [6.45, 7) is 4.19. The van der Waals surface area contributed by atoms with Gasteiger partial charge in [0.15, 0.2) is 5.82 Å². The summed E-state index contributed by atoms with van der Waals surface area (Å²) in [6, 6.07) is 6.29. The van der Waals surface area contributed by atoms with Gasteiger partial charge in [0.2, 0.25) is 0 Å². The van der Waals surface area contributed by atoms with Crippen LogP contribution in [0.15, 0.2) is 30.7 Å². The molecule has 0 saturated heterocycles. The number of rotatable bonds is 2. The molecule has 2 aromatic heterocycles. The maximum Gasteiger partial charge on any atom is 0.153 e. The topological polar surface area (TPSA) is 72.5 Å². The van der Waals surface area contributed by atoms with Crippen molar-refractivity contribution >= 4 is 5.82 Å². The summed E-state index contributed by atoms with van der Waals surface area (Å²) in [5.41, 5.74) is 12.2. The van der Waals surface area contributed by atoms with Crippen molar-refractivity contribution in [3.8, 4) is 22.5 Å². The quantitative estimate of drug-likeness (QED) is 0.749. The average Bonchev–Trinajstić information content (AvgIpc) is 2.99. The lowest BCUT2D eigenvalue weighted by Crippen LogP contribution is -1.90. The van der Waals surface area contributed by atoms with Gasteiger partial charge >= 0.3 is 0 Å². The van der Waals surface area contributed by atoms with Crippen LogP contribution >= 0.6 is 0 Å². The van der Waals surface area contributed by atoms with Gasteiger partial charge in [-0.1, -0.05) is 18.2 Å². The highest BCUT2D eigenvalue weighted by Crippen LogP contribution is 2.34. The van der Waals surface area contributed by atoms with Crippen LogP contribution in [0.25, 0.3) is 22.5 Å². The van der Waals surface area contributed by atoms with Crippen LogP contribution in [0, 0.1) is 13.8 Å². The van der Waals surface area contributed by atoms with Gasteiger partial charge in [-0.05, 0) is 30.5 Å². The third-order valence-electron chi connectivity index (χ3n) is 3.55. The van der Waals surface area contributed by atoms with Gasteiger partial charge in [0, 0.05) is 13.2 Å². The van der Waals surface area contributed by atoms with Crippen LogP contribution in [-0.2, 0) is 7.05 Å². The fraction of sp³-hybridized carbons (Fsp3) is 0.200. The maximum absolute atomic E-state index is 6.03. The number of nitrogens with zero attached hydrogens (tertiary/aromatic N) is 3. The molecule has 0 saturated carbocycles. The zero-order valence-electron chi connectivity index (χ0n) is 11.8. The molecule has 0 aliphatic carbocycles. The zero-order valence-corrected chi connectivity index (χ0v) is 11.8. The molecule has 0 atom stereocenters. The largest absolute Gasteiger partial charge is 0.382 e. The lowest BCUT2D eigenvalue weighted by molar-refractivity contribution is 0.913. The summed E-state index contributed by atoms with van der Waals surface area (Å²) in [6.07, 6.45) is 3.70. The van der Waals surface area contributed by atoms with Crippen LogP contribution in [0.1, 0.15) is 11.1 Å². The Balaban J connectivity index is 2.18. The highest BCUT2D eigenvalue weighted by atomic mass is 15.2. The summed E-state index contributed by atoms with van der Waals surface area (Å²) in [5, 5.41) is 7.12. The third-order valence-corrected chi connectivity index (χ3v) is 3.55. The second-order valence-corrected chi connectivity index (χ2v) is 5.08. The molecular weight excluding hydrogens is 250 g/mol. The number of hydrogen-bond donors (Lipinski definition) is 2. The molecule has 0 aliphatic rings. The normalized spacial score (nSPS) is 10.9. The van der Waals surface area contributed by atoms with Crippen molar-refractivity contribution in [2.75, 3.05) is 5.73 Å². The minimum Gasteiger partial charge on any atom is -0.382 e. The standard InChI is InChI=1S/C15H17N5/c1-9-4-5-11(6-10(9)2)13-14(18-19-15(13)16)12-7-20(3)8-17-12/h4-8H,1-3H3,(H3,16,18,19). The fourth-order valence-electron chi connectivity index (χ4n) is 2.27. The molecular formula is C15H17N5. The summed E-state index contributed by atoms with van der Waals surface area (Å²) in [4.78, 5) is 4.36.